The van der Waals surface area contributed by atoms with Crippen LogP contribution in [0.4, 0.5) is 3.89 Å². The van der Waals surface area contributed by atoms with E-state index in [0.29, 0.717) is 81.3 Å². The predicted molar refractivity (Wildman–Crippen MR) is 139 cm³/mol. The Bertz CT molecular complexity index is 1970. The van der Waals surface area contributed by atoms with Crippen molar-refractivity contribution in [3.8, 4) is 22.9 Å². The zero-order valence-corrected chi connectivity index (χ0v) is 21.0. The van der Waals surface area contributed by atoms with Gasteiger partial charge in [0.1, 0.15) is 16.3 Å². The molecule has 0 radical (unpaired) electrons. The summed E-state index contributed by atoms with van der Waals surface area (Å²) in [6.07, 6.45) is 3.78. The number of nitriles is 1. The molecule has 11 heteroatoms. The minimum atomic E-state index is -4.98. The molecule has 0 spiro atoms. The van der Waals surface area contributed by atoms with Gasteiger partial charge in [0.25, 0.3) is 0 Å². The number of fused-ring (bicyclic) bond motifs is 4. The molecule has 0 bridgehead atoms. The summed E-state index contributed by atoms with van der Waals surface area (Å²) in [5.74, 6) is 0.314. The Morgan fingerprint density at radius 3 is 2.66 bits per heavy atom. The molecule has 0 atom stereocenters. The Morgan fingerprint density at radius 1 is 1.16 bits per heavy atom. The summed E-state index contributed by atoms with van der Waals surface area (Å²) in [5, 5.41) is 11.0. The largest absolute Gasteiger partial charge is 0.496 e. The number of hydrogen-bond acceptors (Lipinski definition) is 7. The van der Waals surface area contributed by atoms with Crippen LogP contribution in [0.1, 0.15) is 24.4 Å². The number of rotatable bonds is 4. The van der Waals surface area contributed by atoms with E-state index in [1.807, 2.05) is 0 Å². The molecular formula is C27H21FN4O5S. The van der Waals surface area contributed by atoms with Crippen molar-refractivity contribution in [3.05, 3.63) is 64.6 Å². The van der Waals surface area contributed by atoms with Crippen LogP contribution in [0.5, 0.6) is 5.75 Å². The van der Waals surface area contributed by atoms with Gasteiger partial charge in [-0.1, -0.05) is 6.07 Å². The SMILES string of the molecule is COc1cc2c(=O)c3c4ccc(C#N)cc4[nH]c3n(C3CCOCC3)c2cc1-c1cncc(S(=O)(=O)F)c1. The molecule has 0 unspecified atom stereocenters. The van der Waals surface area contributed by atoms with E-state index in [2.05, 4.69) is 20.6 Å². The van der Waals surface area contributed by atoms with Gasteiger partial charge in [0.15, 0.2) is 5.43 Å². The number of halogens is 1. The molecule has 192 valence electrons. The summed E-state index contributed by atoms with van der Waals surface area (Å²) < 4.78 is 50.1. The third kappa shape index (κ3) is 3.81. The van der Waals surface area contributed by atoms with Crippen LogP contribution in [-0.2, 0) is 15.0 Å². The number of aromatic amines is 1. The van der Waals surface area contributed by atoms with Crippen LogP contribution in [-0.4, -0.2) is 43.3 Å². The second kappa shape index (κ2) is 8.93. The lowest BCUT2D eigenvalue weighted by Crippen LogP contribution is -2.22. The summed E-state index contributed by atoms with van der Waals surface area (Å²) in [4.78, 5) is 20.6. The zero-order valence-electron chi connectivity index (χ0n) is 20.2. The summed E-state index contributed by atoms with van der Waals surface area (Å²) in [7, 11) is -3.53. The predicted octanol–water partition coefficient (Wildman–Crippen LogP) is 4.59. The Labute approximate surface area is 216 Å². The van der Waals surface area contributed by atoms with E-state index in [1.165, 1.54) is 19.4 Å². The second-order valence-electron chi connectivity index (χ2n) is 9.18. The molecule has 1 aliphatic rings. The fourth-order valence-electron chi connectivity index (χ4n) is 5.28. The molecular weight excluding hydrogens is 511 g/mol. The Kier molecular flexibility index (Phi) is 5.66. The van der Waals surface area contributed by atoms with Gasteiger partial charge in [-0.05, 0) is 43.2 Å². The van der Waals surface area contributed by atoms with Gasteiger partial charge in [-0.2, -0.15) is 13.7 Å². The molecule has 1 fully saturated rings. The summed E-state index contributed by atoms with van der Waals surface area (Å²) in [6.45, 7) is 1.11. The van der Waals surface area contributed by atoms with Gasteiger partial charge in [0.05, 0.1) is 35.0 Å². The maximum Gasteiger partial charge on any atom is 0.333 e. The number of pyridine rings is 2. The highest BCUT2D eigenvalue weighted by Crippen LogP contribution is 2.38. The number of ether oxygens (including phenoxy) is 2. The topological polar surface area (TPSA) is 127 Å². The first-order chi connectivity index (χ1) is 18.3. The summed E-state index contributed by atoms with van der Waals surface area (Å²) in [6, 6.07) is 11.9. The van der Waals surface area contributed by atoms with Crippen LogP contribution in [0, 0.1) is 11.3 Å². The van der Waals surface area contributed by atoms with Crippen LogP contribution >= 0.6 is 0 Å². The van der Waals surface area contributed by atoms with E-state index in [9.17, 15) is 22.4 Å². The number of hydrogen-bond donors (Lipinski definition) is 1. The average Bonchev–Trinajstić information content (AvgIpc) is 3.31. The molecule has 4 heterocycles. The first-order valence-corrected chi connectivity index (χ1v) is 13.3. The minimum Gasteiger partial charge on any atom is -0.496 e. The quantitative estimate of drug-likeness (QED) is 0.336. The molecule has 0 amide bonds. The number of benzene rings is 2. The maximum atomic E-state index is 13.9. The van der Waals surface area contributed by atoms with Crippen molar-refractivity contribution in [3.63, 3.8) is 0 Å². The number of methoxy groups -OCH3 is 1. The number of H-pyrrole nitrogens is 1. The number of aromatic nitrogens is 3. The molecule has 0 aliphatic carbocycles. The Morgan fingerprint density at radius 2 is 1.95 bits per heavy atom. The van der Waals surface area contributed by atoms with Gasteiger partial charge in [0, 0.05) is 53.7 Å². The highest BCUT2D eigenvalue weighted by atomic mass is 32.3. The normalized spacial score (nSPS) is 14.8. The monoisotopic (exact) mass is 532 g/mol. The molecule has 5 aromatic rings. The standard InChI is InChI=1S/C27H21FN4O5S/c1-36-24-11-21-23(10-20(24)16-9-18(14-30-13-16)38(28,34)35)32(17-4-6-37-7-5-17)27-25(26(21)33)19-3-2-15(12-29)8-22(19)31-27/h2-3,8-11,13-14,17,31H,4-7H2,1H3. The van der Waals surface area contributed by atoms with Gasteiger partial charge >= 0.3 is 10.2 Å². The van der Waals surface area contributed by atoms with Crippen molar-refractivity contribution in [1.82, 2.24) is 14.5 Å². The Balaban J connectivity index is 1.74. The lowest BCUT2D eigenvalue weighted by Gasteiger charge is -2.27. The molecule has 1 saturated heterocycles. The molecule has 3 aromatic heterocycles. The summed E-state index contributed by atoms with van der Waals surface area (Å²) >= 11 is 0. The van der Waals surface area contributed by atoms with E-state index in [1.54, 1.807) is 30.3 Å². The molecule has 0 saturated carbocycles. The van der Waals surface area contributed by atoms with Crippen molar-refractivity contribution in [2.24, 2.45) is 0 Å². The molecule has 38 heavy (non-hydrogen) atoms. The van der Waals surface area contributed by atoms with E-state index in [-0.39, 0.29) is 11.5 Å². The van der Waals surface area contributed by atoms with Crippen LogP contribution in [0.2, 0.25) is 0 Å². The maximum absolute atomic E-state index is 13.9. The fraction of sp³-hybridized carbons (Fsp3) is 0.222. The smallest absolute Gasteiger partial charge is 0.333 e. The van der Waals surface area contributed by atoms with Crippen LogP contribution in [0.25, 0.3) is 44.0 Å². The molecule has 9 nitrogen and oxygen atoms in total. The van der Waals surface area contributed by atoms with Crippen molar-refractivity contribution in [2.45, 2.75) is 23.8 Å². The van der Waals surface area contributed by atoms with E-state index >= 15 is 0 Å². The fourth-order valence-corrected chi connectivity index (χ4v) is 5.74. The van der Waals surface area contributed by atoms with Gasteiger partial charge in [0.2, 0.25) is 0 Å². The average molecular weight is 533 g/mol. The number of nitrogens with one attached hydrogen (secondary N) is 1. The molecule has 2 aromatic carbocycles. The van der Waals surface area contributed by atoms with Crippen molar-refractivity contribution in [2.75, 3.05) is 20.3 Å². The van der Waals surface area contributed by atoms with E-state index in [4.69, 9.17) is 9.47 Å². The van der Waals surface area contributed by atoms with Gasteiger partial charge in [-0.3, -0.25) is 9.78 Å². The molecule has 1 N–H and O–H groups in total. The first kappa shape index (κ1) is 24.1. The summed E-state index contributed by atoms with van der Waals surface area (Å²) in [5.41, 5.74) is 2.93. The molecule has 6 rings (SSSR count). The van der Waals surface area contributed by atoms with Crippen molar-refractivity contribution < 1.29 is 21.8 Å². The third-order valence-corrected chi connectivity index (χ3v) is 7.85. The lowest BCUT2D eigenvalue weighted by atomic mass is 10.00. The number of nitrogens with zero attached hydrogens (tertiary/aromatic N) is 3. The lowest BCUT2D eigenvalue weighted by molar-refractivity contribution is 0.0715. The van der Waals surface area contributed by atoms with Crippen LogP contribution in [0.3, 0.4) is 0 Å². The first-order valence-electron chi connectivity index (χ1n) is 11.9. The van der Waals surface area contributed by atoms with E-state index < -0.39 is 15.1 Å². The zero-order chi connectivity index (χ0) is 26.6. The van der Waals surface area contributed by atoms with Crippen LogP contribution in [0.15, 0.2) is 58.5 Å². The highest BCUT2D eigenvalue weighted by molar-refractivity contribution is 7.86. The minimum absolute atomic E-state index is 0.00484. The van der Waals surface area contributed by atoms with Crippen molar-refractivity contribution >= 4 is 43.1 Å². The van der Waals surface area contributed by atoms with E-state index in [0.717, 1.165) is 6.20 Å². The van der Waals surface area contributed by atoms with Gasteiger partial charge < -0.3 is 19.0 Å². The van der Waals surface area contributed by atoms with Gasteiger partial charge in [-0.25, -0.2) is 0 Å². The Hall–Kier alpha value is -4.27. The molecule has 1 aliphatic heterocycles. The second-order valence-corrected chi connectivity index (χ2v) is 10.5. The van der Waals surface area contributed by atoms with Gasteiger partial charge in [-0.15, -0.1) is 3.89 Å². The van der Waals surface area contributed by atoms with Crippen LogP contribution < -0.4 is 10.2 Å². The third-order valence-electron chi connectivity index (χ3n) is 7.06. The highest BCUT2D eigenvalue weighted by Gasteiger charge is 2.25. The van der Waals surface area contributed by atoms with Crippen molar-refractivity contribution in [1.29, 1.82) is 5.26 Å².